The minimum absolute atomic E-state index is 0.481. The van der Waals surface area contributed by atoms with E-state index in [9.17, 15) is 0 Å². The number of anilines is 2. The van der Waals surface area contributed by atoms with Gasteiger partial charge in [-0.1, -0.05) is 22.8 Å². The molecule has 96 valence electrons. The Kier molecular flexibility index (Phi) is 3.87. The third kappa shape index (κ3) is 2.64. The van der Waals surface area contributed by atoms with Crippen LogP contribution in [0.1, 0.15) is 17.0 Å². The van der Waals surface area contributed by atoms with Crippen LogP contribution in [0.2, 0.25) is 0 Å². The van der Waals surface area contributed by atoms with E-state index >= 15 is 0 Å². The van der Waals surface area contributed by atoms with E-state index < -0.39 is 0 Å². The van der Waals surface area contributed by atoms with Gasteiger partial charge in [0.25, 0.3) is 0 Å². The summed E-state index contributed by atoms with van der Waals surface area (Å²) in [6, 6.07) is 6.73. The van der Waals surface area contributed by atoms with Crippen LogP contribution < -0.4 is 4.90 Å². The van der Waals surface area contributed by atoms with Crippen molar-refractivity contribution in [1.82, 2.24) is 10.2 Å². The molecular formula is C13H16ClN3O. The summed E-state index contributed by atoms with van der Waals surface area (Å²) in [7, 11) is 1.91. The molecule has 1 aromatic heterocycles. The summed E-state index contributed by atoms with van der Waals surface area (Å²) in [4.78, 5) is 1.89. The van der Waals surface area contributed by atoms with Gasteiger partial charge in [0.2, 0.25) is 5.89 Å². The summed E-state index contributed by atoms with van der Waals surface area (Å²) in [6.07, 6.45) is 0.593. The van der Waals surface area contributed by atoms with Crippen LogP contribution >= 0.6 is 11.6 Å². The topological polar surface area (TPSA) is 42.2 Å². The van der Waals surface area contributed by atoms with Crippen molar-refractivity contribution in [3.05, 3.63) is 35.2 Å². The quantitative estimate of drug-likeness (QED) is 0.796. The molecule has 0 aliphatic rings. The molecule has 1 heterocycles. The molecule has 0 amide bonds. The van der Waals surface area contributed by atoms with Crippen LogP contribution in [-0.2, 0) is 6.42 Å². The van der Waals surface area contributed by atoms with E-state index in [1.165, 1.54) is 11.1 Å². The number of hydrogen-bond acceptors (Lipinski definition) is 4. The Morgan fingerprint density at radius 1 is 1.28 bits per heavy atom. The molecule has 0 fully saturated rings. The highest BCUT2D eigenvalue weighted by atomic mass is 35.5. The molecule has 0 bridgehead atoms. The Morgan fingerprint density at radius 2 is 2.06 bits per heavy atom. The Morgan fingerprint density at radius 3 is 2.72 bits per heavy atom. The zero-order valence-electron chi connectivity index (χ0n) is 10.8. The Hall–Kier alpha value is -1.55. The molecule has 2 rings (SSSR count). The van der Waals surface area contributed by atoms with E-state index in [2.05, 4.69) is 42.2 Å². The minimum Gasteiger partial charge on any atom is -0.408 e. The number of rotatable bonds is 4. The van der Waals surface area contributed by atoms with E-state index in [-0.39, 0.29) is 0 Å². The lowest BCUT2D eigenvalue weighted by Crippen LogP contribution is -2.11. The Bertz CT molecular complexity index is 539. The highest BCUT2D eigenvalue weighted by molar-refractivity contribution is 6.17. The van der Waals surface area contributed by atoms with Gasteiger partial charge >= 0.3 is 6.01 Å². The molecule has 0 N–H and O–H groups in total. The maximum atomic E-state index is 5.64. The Balaban J connectivity index is 2.26. The van der Waals surface area contributed by atoms with Crippen molar-refractivity contribution >= 4 is 23.3 Å². The lowest BCUT2D eigenvalue weighted by atomic mass is 10.1. The molecule has 0 radical (unpaired) electrons. The van der Waals surface area contributed by atoms with E-state index in [0.717, 1.165) is 5.69 Å². The predicted octanol–water partition coefficient (Wildman–Crippen LogP) is 3.24. The van der Waals surface area contributed by atoms with Crippen LogP contribution in [0.4, 0.5) is 11.7 Å². The minimum atomic E-state index is 0.481. The largest absolute Gasteiger partial charge is 0.408 e. The first-order valence-corrected chi connectivity index (χ1v) is 6.34. The molecular weight excluding hydrogens is 250 g/mol. The number of halogens is 1. The summed E-state index contributed by atoms with van der Waals surface area (Å²) in [5, 5.41) is 7.98. The normalized spacial score (nSPS) is 10.7. The third-order valence-corrected chi connectivity index (χ3v) is 2.95. The van der Waals surface area contributed by atoms with Crippen LogP contribution in [0.3, 0.4) is 0 Å². The number of benzene rings is 1. The fourth-order valence-electron chi connectivity index (χ4n) is 1.85. The van der Waals surface area contributed by atoms with Crippen molar-refractivity contribution in [1.29, 1.82) is 0 Å². The molecule has 0 atom stereocenters. The van der Waals surface area contributed by atoms with Crippen LogP contribution in [0, 0.1) is 13.8 Å². The first kappa shape index (κ1) is 12.9. The molecule has 0 saturated heterocycles. The first-order valence-electron chi connectivity index (χ1n) is 5.81. The standard InChI is InChI=1S/C13H16ClN3O/c1-9-4-5-11(10(2)8-9)17(3)13-16-15-12(18-13)6-7-14/h4-5,8H,6-7H2,1-3H3. The summed E-state index contributed by atoms with van der Waals surface area (Å²) < 4.78 is 5.54. The predicted molar refractivity (Wildman–Crippen MR) is 72.7 cm³/mol. The van der Waals surface area contributed by atoms with Gasteiger partial charge in [-0.05, 0) is 25.5 Å². The smallest absolute Gasteiger partial charge is 0.322 e. The molecule has 0 saturated carbocycles. The monoisotopic (exact) mass is 265 g/mol. The van der Waals surface area contributed by atoms with Crippen molar-refractivity contribution < 1.29 is 4.42 Å². The Labute approximate surface area is 112 Å². The molecule has 18 heavy (non-hydrogen) atoms. The lowest BCUT2D eigenvalue weighted by Gasteiger charge is -2.16. The average molecular weight is 266 g/mol. The maximum Gasteiger partial charge on any atom is 0.322 e. The van der Waals surface area contributed by atoms with Gasteiger partial charge in [-0.15, -0.1) is 16.7 Å². The molecule has 5 heteroatoms. The highest BCUT2D eigenvalue weighted by Crippen LogP contribution is 2.26. The van der Waals surface area contributed by atoms with Gasteiger partial charge in [0, 0.05) is 25.0 Å². The maximum absolute atomic E-state index is 5.64. The molecule has 0 spiro atoms. The van der Waals surface area contributed by atoms with Gasteiger partial charge in [0.1, 0.15) is 0 Å². The van der Waals surface area contributed by atoms with Gasteiger partial charge in [0.05, 0.1) is 0 Å². The van der Waals surface area contributed by atoms with E-state index in [1.54, 1.807) is 0 Å². The van der Waals surface area contributed by atoms with Crippen LogP contribution in [0.15, 0.2) is 22.6 Å². The molecule has 1 aromatic carbocycles. The van der Waals surface area contributed by atoms with Gasteiger partial charge in [0.15, 0.2) is 0 Å². The van der Waals surface area contributed by atoms with Crippen molar-refractivity contribution in [2.24, 2.45) is 0 Å². The van der Waals surface area contributed by atoms with Crippen LogP contribution in [0.25, 0.3) is 0 Å². The second-order valence-electron chi connectivity index (χ2n) is 4.27. The molecule has 0 aliphatic carbocycles. The second-order valence-corrected chi connectivity index (χ2v) is 4.64. The number of aryl methyl sites for hydroxylation is 3. The van der Waals surface area contributed by atoms with E-state index in [4.69, 9.17) is 16.0 Å². The fourth-order valence-corrected chi connectivity index (χ4v) is 2.01. The molecule has 2 aromatic rings. The second kappa shape index (κ2) is 5.40. The summed E-state index contributed by atoms with van der Waals surface area (Å²) in [5.74, 6) is 1.05. The van der Waals surface area contributed by atoms with E-state index in [0.29, 0.717) is 24.2 Å². The highest BCUT2D eigenvalue weighted by Gasteiger charge is 2.13. The van der Waals surface area contributed by atoms with Crippen LogP contribution in [-0.4, -0.2) is 23.1 Å². The third-order valence-electron chi connectivity index (χ3n) is 2.77. The number of hydrogen-bond donors (Lipinski definition) is 0. The zero-order chi connectivity index (χ0) is 13.1. The van der Waals surface area contributed by atoms with Gasteiger partial charge in [-0.3, -0.25) is 4.90 Å². The van der Waals surface area contributed by atoms with Crippen LogP contribution in [0.5, 0.6) is 0 Å². The van der Waals surface area contributed by atoms with Crippen molar-refractivity contribution in [2.75, 3.05) is 17.8 Å². The van der Waals surface area contributed by atoms with Gasteiger partial charge in [-0.25, -0.2) is 0 Å². The number of nitrogens with zero attached hydrogens (tertiary/aromatic N) is 3. The molecule has 4 nitrogen and oxygen atoms in total. The number of alkyl halides is 1. The molecule has 0 aliphatic heterocycles. The molecule has 0 unspecified atom stereocenters. The van der Waals surface area contributed by atoms with Gasteiger partial charge < -0.3 is 4.42 Å². The summed E-state index contributed by atoms with van der Waals surface area (Å²) >= 11 is 5.64. The summed E-state index contributed by atoms with van der Waals surface area (Å²) in [6.45, 7) is 4.14. The van der Waals surface area contributed by atoms with Crippen molar-refractivity contribution in [3.63, 3.8) is 0 Å². The summed E-state index contributed by atoms with van der Waals surface area (Å²) in [5.41, 5.74) is 3.47. The van der Waals surface area contributed by atoms with Gasteiger partial charge in [-0.2, -0.15) is 0 Å². The fraction of sp³-hybridized carbons (Fsp3) is 0.385. The first-order chi connectivity index (χ1) is 8.61. The van der Waals surface area contributed by atoms with E-state index in [1.807, 2.05) is 11.9 Å². The SMILES string of the molecule is Cc1ccc(N(C)c2nnc(CCCl)o2)c(C)c1. The van der Waals surface area contributed by atoms with Crippen molar-refractivity contribution in [3.8, 4) is 0 Å². The average Bonchev–Trinajstić information content (AvgIpc) is 2.77. The number of aromatic nitrogens is 2. The van der Waals surface area contributed by atoms with Crippen molar-refractivity contribution in [2.45, 2.75) is 20.3 Å². The lowest BCUT2D eigenvalue weighted by molar-refractivity contribution is 0.505. The zero-order valence-corrected chi connectivity index (χ0v) is 11.5.